The van der Waals surface area contributed by atoms with Gasteiger partial charge in [-0.15, -0.1) is 0 Å². The van der Waals surface area contributed by atoms with Crippen molar-refractivity contribution in [3.8, 4) is 0 Å². The van der Waals surface area contributed by atoms with E-state index in [0.717, 1.165) is 12.0 Å². The van der Waals surface area contributed by atoms with Gasteiger partial charge in [0.05, 0.1) is 6.61 Å². The Morgan fingerprint density at radius 3 is 2.29 bits per heavy atom. The summed E-state index contributed by atoms with van der Waals surface area (Å²) in [5.74, 6) is 0. The molecule has 0 aliphatic carbocycles. The first-order valence-corrected chi connectivity index (χ1v) is 5.79. The molecule has 0 amide bonds. The highest BCUT2D eigenvalue weighted by Gasteiger charge is 2.30. The van der Waals surface area contributed by atoms with Gasteiger partial charge in [0.15, 0.2) is 5.54 Å². The lowest BCUT2D eigenvalue weighted by Crippen LogP contribution is -2.33. The molecule has 4 heteroatoms. The second kappa shape index (κ2) is 6.45. The van der Waals surface area contributed by atoms with Crippen molar-refractivity contribution in [3.05, 3.63) is 40.3 Å². The number of hydrogen-bond acceptors (Lipinski definition) is 3. The highest BCUT2D eigenvalue weighted by atomic mass is 19.1. The summed E-state index contributed by atoms with van der Waals surface area (Å²) in [7, 11) is 0. The van der Waals surface area contributed by atoms with E-state index >= 15 is 0 Å². The molecule has 3 nitrogen and oxygen atoms in total. The zero-order valence-electron chi connectivity index (χ0n) is 10.0. The van der Waals surface area contributed by atoms with E-state index in [4.69, 9.17) is 5.11 Å². The summed E-state index contributed by atoms with van der Waals surface area (Å²) in [6.45, 7) is 0.616. The number of halogens is 1. The fraction of sp³-hybridized carbons (Fsp3) is 0.538. The van der Waals surface area contributed by atoms with Gasteiger partial charge in [-0.2, -0.15) is 4.91 Å². The molecule has 1 N–H and O–H groups in total. The van der Waals surface area contributed by atoms with Crippen molar-refractivity contribution in [1.82, 2.24) is 0 Å². The SMILES string of the molecule is CCc1ccc(CCC(CO)(CF)N=O)cc1. The number of nitroso groups, excluding NO2 is 1. The van der Waals surface area contributed by atoms with E-state index in [2.05, 4.69) is 12.1 Å². The summed E-state index contributed by atoms with van der Waals surface area (Å²) < 4.78 is 12.7. The average Bonchev–Trinajstić information content (AvgIpc) is 2.41. The molecular formula is C13H18FNO2. The van der Waals surface area contributed by atoms with Crippen LogP contribution in [0.15, 0.2) is 29.4 Å². The van der Waals surface area contributed by atoms with E-state index in [0.29, 0.717) is 6.42 Å². The Balaban J connectivity index is 2.62. The topological polar surface area (TPSA) is 49.7 Å². The van der Waals surface area contributed by atoms with Crippen LogP contribution in [0.1, 0.15) is 24.5 Å². The first-order chi connectivity index (χ1) is 8.19. The molecule has 0 aromatic heterocycles. The number of benzene rings is 1. The van der Waals surface area contributed by atoms with Crippen molar-refractivity contribution in [2.45, 2.75) is 31.7 Å². The van der Waals surface area contributed by atoms with E-state index < -0.39 is 18.8 Å². The van der Waals surface area contributed by atoms with Gasteiger partial charge >= 0.3 is 0 Å². The maximum Gasteiger partial charge on any atom is 0.154 e. The lowest BCUT2D eigenvalue weighted by molar-refractivity contribution is 0.158. The standard InChI is InChI=1S/C13H18FNO2/c1-2-11-3-5-12(6-4-11)7-8-13(9-14,10-16)15-17/h3-6,16H,2,7-10H2,1H3. The monoisotopic (exact) mass is 239 g/mol. The molecule has 0 aliphatic rings. The molecule has 0 aliphatic heterocycles. The Morgan fingerprint density at radius 1 is 1.29 bits per heavy atom. The number of aryl methyl sites for hydroxylation is 2. The van der Waals surface area contributed by atoms with E-state index in [-0.39, 0.29) is 6.42 Å². The zero-order valence-corrected chi connectivity index (χ0v) is 10.0. The second-order valence-corrected chi connectivity index (χ2v) is 4.28. The first kappa shape index (κ1) is 13.8. The number of hydrogen-bond donors (Lipinski definition) is 1. The highest BCUT2D eigenvalue weighted by Crippen LogP contribution is 2.19. The van der Waals surface area contributed by atoms with Gasteiger partial charge in [-0.3, -0.25) is 0 Å². The van der Waals surface area contributed by atoms with Crippen LogP contribution in [0.4, 0.5) is 4.39 Å². The van der Waals surface area contributed by atoms with Crippen LogP contribution in [0.5, 0.6) is 0 Å². The molecule has 0 saturated carbocycles. The summed E-state index contributed by atoms with van der Waals surface area (Å²) in [4.78, 5) is 10.6. The maximum absolute atomic E-state index is 12.7. The lowest BCUT2D eigenvalue weighted by Gasteiger charge is -2.19. The van der Waals surface area contributed by atoms with Crippen LogP contribution < -0.4 is 0 Å². The summed E-state index contributed by atoms with van der Waals surface area (Å²) in [5, 5.41) is 11.7. The van der Waals surface area contributed by atoms with Crippen molar-refractivity contribution in [3.63, 3.8) is 0 Å². The van der Waals surface area contributed by atoms with Crippen LogP contribution in [0.2, 0.25) is 0 Å². The minimum Gasteiger partial charge on any atom is -0.394 e. The van der Waals surface area contributed by atoms with Gasteiger partial charge in [-0.05, 0) is 30.4 Å². The molecule has 0 heterocycles. The highest BCUT2D eigenvalue weighted by molar-refractivity contribution is 5.22. The summed E-state index contributed by atoms with van der Waals surface area (Å²) >= 11 is 0. The molecule has 1 atom stereocenters. The second-order valence-electron chi connectivity index (χ2n) is 4.28. The average molecular weight is 239 g/mol. The molecule has 94 valence electrons. The number of nitrogens with zero attached hydrogens (tertiary/aromatic N) is 1. The van der Waals surface area contributed by atoms with Crippen LogP contribution >= 0.6 is 0 Å². The van der Waals surface area contributed by atoms with Gasteiger partial charge in [0, 0.05) is 0 Å². The number of rotatable bonds is 7. The third-order valence-electron chi connectivity index (χ3n) is 3.05. The van der Waals surface area contributed by atoms with E-state index in [1.54, 1.807) is 0 Å². The third-order valence-corrected chi connectivity index (χ3v) is 3.05. The van der Waals surface area contributed by atoms with Crippen molar-refractivity contribution >= 4 is 0 Å². The van der Waals surface area contributed by atoms with Gasteiger partial charge in [0.2, 0.25) is 0 Å². The molecule has 1 rings (SSSR count). The molecule has 0 radical (unpaired) electrons. The molecule has 17 heavy (non-hydrogen) atoms. The molecule has 1 unspecified atom stereocenters. The predicted molar refractivity (Wildman–Crippen MR) is 65.7 cm³/mol. The Hall–Kier alpha value is -1.29. The molecule has 0 saturated heterocycles. The molecule has 0 spiro atoms. The van der Waals surface area contributed by atoms with Crippen molar-refractivity contribution in [2.75, 3.05) is 13.3 Å². The Kier molecular flexibility index (Phi) is 5.22. The number of aliphatic hydroxyl groups is 1. The van der Waals surface area contributed by atoms with Gasteiger partial charge in [0.25, 0.3) is 0 Å². The molecular weight excluding hydrogens is 221 g/mol. The van der Waals surface area contributed by atoms with Crippen LogP contribution in [0.25, 0.3) is 0 Å². The predicted octanol–water partition coefficient (Wildman–Crippen LogP) is 2.65. The van der Waals surface area contributed by atoms with E-state index in [1.165, 1.54) is 5.56 Å². The van der Waals surface area contributed by atoms with Gasteiger partial charge in [-0.1, -0.05) is 36.4 Å². The van der Waals surface area contributed by atoms with Crippen LogP contribution in [-0.2, 0) is 12.8 Å². The fourth-order valence-electron chi connectivity index (χ4n) is 1.61. The van der Waals surface area contributed by atoms with E-state index in [9.17, 15) is 9.30 Å². The van der Waals surface area contributed by atoms with Crippen LogP contribution in [-0.4, -0.2) is 23.9 Å². The zero-order chi connectivity index (χ0) is 12.7. The van der Waals surface area contributed by atoms with Crippen molar-refractivity contribution in [2.24, 2.45) is 5.18 Å². The summed E-state index contributed by atoms with van der Waals surface area (Å²) in [6, 6.07) is 7.95. The maximum atomic E-state index is 12.7. The third kappa shape index (κ3) is 3.60. The minimum absolute atomic E-state index is 0.231. The fourth-order valence-corrected chi connectivity index (χ4v) is 1.61. The molecule has 1 aromatic rings. The summed E-state index contributed by atoms with van der Waals surface area (Å²) in [6.07, 6.45) is 1.75. The largest absolute Gasteiger partial charge is 0.394 e. The van der Waals surface area contributed by atoms with Crippen LogP contribution in [0, 0.1) is 4.91 Å². The smallest absolute Gasteiger partial charge is 0.154 e. The van der Waals surface area contributed by atoms with E-state index in [1.807, 2.05) is 24.3 Å². The molecule has 0 bridgehead atoms. The molecule has 0 fully saturated rings. The Bertz CT molecular complexity index is 347. The summed E-state index contributed by atoms with van der Waals surface area (Å²) in [5.41, 5.74) is 0.793. The first-order valence-electron chi connectivity index (χ1n) is 5.79. The van der Waals surface area contributed by atoms with Crippen molar-refractivity contribution < 1.29 is 9.50 Å². The lowest BCUT2D eigenvalue weighted by atomic mass is 9.94. The van der Waals surface area contributed by atoms with Gasteiger partial charge < -0.3 is 5.11 Å². The minimum atomic E-state index is -1.47. The Labute approximate surface area is 101 Å². The molecule has 1 aromatic carbocycles. The van der Waals surface area contributed by atoms with Gasteiger partial charge in [-0.25, -0.2) is 4.39 Å². The quantitative estimate of drug-likeness (QED) is 0.744. The normalized spacial score (nSPS) is 14.3. The number of alkyl halides is 1. The Morgan fingerprint density at radius 2 is 1.88 bits per heavy atom. The van der Waals surface area contributed by atoms with Crippen molar-refractivity contribution in [1.29, 1.82) is 0 Å². The number of aliphatic hydroxyl groups excluding tert-OH is 1. The van der Waals surface area contributed by atoms with Crippen LogP contribution in [0.3, 0.4) is 0 Å². The van der Waals surface area contributed by atoms with Gasteiger partial charge in [0.1, 0.15) is 6.67 Å².